The Morgan fingerprint density at radius 2 is 2.17 bits per heavy atom. The van der Waals surface area contributed by atoms with Crippen LogP contribution in [0.1, 0.15) is 21.5 Å². The Bertz CT molecular complexity index is 943. The van der Waals surface area contributed by atoms with Gasteiger partial charge in [-0.05, 0) is 30.3 Å². The van der Waals surface area contributed by atoms with Crippen molar-refractivity contribution >= 4 is 27.4 Å². The van der Waals surface area contributed by atoms with Gasteiger partial charge in [0, 0.05) is 22.4 Å². The zero-order chi connectivity index (χ0) is 16.4. The van der Waals surface area contributed by atoms with Crippen LogP contribution in [0, 0.1) is 17.1 Å². The van der Waals surface area contributed by atoms with Crippen LogP contribution >= 0.6 is 15.9 Å². The number of benzene rings is 1. The van der Waals surface area contributed by atoms with Gasteiger partial charge in [0.2, 0.25) is 0 Å². The Labute approximate surface area is 139 Å². The van der Waals surface area contributed by atoms with E-state index in [0.717, 1.165) is 5.52 Å². The van der Waals surface area contributed by atoms with E-state index in [1.807, 2.05) is 12.1 Å². The summed E-state index contributed by atoms with van der Waals surface area (Å²) in [6.07, 6.45) is 3.52. The van der Waals surface area contributed by atoms with Crippen LogP contribution in [0.25, 0.3) is 5.52 Å². The molecule has 0 amide bonds. The standard InChI is InChI=1S/C17H10BrFN2O2/c18-12-4-5-15(19)13(7-12)17(22)23-10-11-9-21-6-2-1-3-16(21)14(11)8-20/h1-7,9H,10H2. The maximum atomic E-state index is 13.7. The summed E-state index contributed by atoms with van der Waals surface area (Å²) in [7, 11) is 0. The Hall–Kier alpha value is -2.65. The van der Waals surface area contributed by atoms with Gasteiger partial charge in [-0.2, -0.15) is 5.26 Å². The second-order valence-electron chi connectivity index (χ2n) is 4.83. The van der Waals surface area contributed by atoms with Crippen molar-refractivity contribution < 1.29 is 13.9 Å². The van der Waals surface area contributed by atoms with Crippen LogP contribution in [-0.2, 0) is 11.3 Å². The highest BCUT2D eigenvalue weighted by Gasteiger charge is 2.16. The molecule has 0 aliphatic rings. The average Bonchev–Trinajstić information content (AvgIpc) is 2.92. The third-order valence-corrected chi connectivity index (χ3v) is 3.87. The SMILES string of the molecule is N#Cc1c(COC(=O)c2cc(Br)ccc2F)cn2ccccc12. The van der Waals surface area contributed by atoms with Crippen LogP contribution in [0.3, 0.4) is 0 Å². The number of carbonyl (C=O) groups is 1. The number of hydrogen-bond acceptors (Lipinski definition) is 3. The molecule has 0 atom stereocenters. The van der Waals surface area contributed by atoms with E-state index < -0.39 is 11.8 Å². The minimum Gasteiger partial charge on any atom is -0.457 e. The number of nitriles is 1. The molecule has 2 aromatic heterocycles. The molecule has 3 aromatic rings. The molecule has 0 radical (unpaired) electrons. The van der Waals surface area contributed by atoms with Crippen molar-refractivity contribution in [1.82, 2.24) is 4.40 Å². The maximum absolute atomic E-state index is 13.7. The van der Waals surface area contributed by atoms with E-state index in [1.54, 1.807) is 22.9 Å². The van der Waals surface area contributed by atoms with Crippen LogP contribution in [-0.4, -0.2) is 10.4 Å². The van der Waals surface area contributed by atoms with Crippen molar-refractivity contribution in [3.05, 3.63) is 75.8 Å². The number of nitrogens with zero attached hydrogens (tertiary/aromatic N) is 2. The fourth-order valence-electron chi connectivity index (χ4n) is 2.29. The molecule has 2 heterocycles. The highest BCUT2D eigenvalue weighted by atomic mass is 79.9. The molecule has 0 fully saturated rings. The lowest BCUT2D eigenvalue weighted by Crippen LogP contribution is -2.07. The summed E-state index contributed by atoms with van der Waals surface area (Å²) in [5, 5.41) is 9.30. The zero-order valence-corrected chi connectivity index (χ0v) is 13.4. The zero-order valence-electron chi connectivity index (χ0n) is 11.8. The maximum Gasteiger partial charge on any atom is 0.341 e. The van der Waals surface area contributed by atoms with Crippen LogP contribution in [0.4, 0.5) is 4.39 Å². The molecule has 6 heteroatoms. The number of aromatic nitrogens is 1. The molecule has 0 unspecified atom stereocenters. The first kappa shape index (κ1) is 15.3. The third-order valence-electron chi connectivity index (χ3n) is 3.38. The van der Waals surface area contributed by atoms with E-state index in [1.165, 1.54) is 18.2 Å². The molecule has 0 spiro atoms. The van der Waals surface area contributed by atoms with Crippen molar-refractivity contribution in [2.24, 2.45) is 0 Å². The molecular weight excluding hydrogens is 363 g/mol. The molecule has 114 valence electrons. The van der Waals surface area contributed by atoms with Crippen LogP contribution in [0.15, 0.2) is 53.3 Å². The molecule has 23 heavy (non-hydrogen) atoms. The van der Waals surface area contributed by atoms with Crippen molar-refractivity contribution in [2.45, 2.75) is 6.61 Å². The number of halogens is 2. The molecule has 0 aliphatic heterocycles. The molecule has 0 N–H and O–H groups in total. The third kappa shape index (κ3) is 2.96. The van der Waals surface area contributed by atoms with Crippen molar-refractivity contribution in [3.8, 4) is 6.07 Å². The van der Waals surface area contributed by atoms with Gasteiger partial charge in [0.25, 0.3) is 0 Å². The van der Waals surface area contributed by atoms with Gasteiger partial charge in [-0.1, -0.05) is 22.0 Å². The lowest BCUT2D eigenvalue weighted by atomic mass is 10.2. The van der Waals surface area contributed by atoms with Crippen molar-refractivity contribution in [3.63, 3.8) is 0 Å². The Morgan fingerprint density at radius 3 is 2.96 bits per heavy atom. The van der Waals surface area contributed by atoms with Gasteiger partial charge in [-0.15, -0.1) is 0 Å². The van der Waals surface area contributed by atoms with Gasteiger partial charge in [0.15, 0.2) is 0 Å². The normalized spacial score (nSPS) is 10.5. The minimum atomic E-state index is -0.775. The second kappa shape index (κ2) is 6.23. The Morgan fingerprint density at radius 1 is 1.35 bits per heavy atom. The summed E-state index contributed by atoms with van der Waals surface area (Å²) in [6.45, 7) is -0.102. The van der Waals surface area contributed by atoms with Crippen LogP contribution < -0.4 is 0 Å². The summed E-state index contributed by atoms with van der Waals surface area (Å²) < 4.78 is 21.2. The highest BCUT2D eigenvalue weighted by Crippen LogP contribution is 2.20. The van der Waals surface area contributed by atoms with Crippen molar-refractivity contribution in [1.29, 1.82) is 5.26 Å². The fraction of sp³-hybridized carbons (Fsp3) is 0.0588. The predicted octanol–water partition coefficient (Wildman–Crippen LogP) is 4.07. The quantitative estimate of drug-likeness (QED) is 0.651. The monoisotopic (exact) mass is 372 g/mol. The number of esters is 1. The molecular formula is C17H10BrFN2O2. The Kier molecular flexibility index (Phi) is 4.13. The summed E-state index contributed by atoms with van der Waals surface area (Å²) in [5.74, 6) is -1.43. The van der Waals surface area contributed by atoms with Crippen LogP contribution in [0.5, 0.6) is 0 Å². The van der Waals surface area contributed by atoms with E-state index >= 15 is 0 Å². The van der Waals surface area contributed by atoms with Gasteiger partial charge < -0.3 is 9.14 Å². The topological polar surface area (TPSA) is 54.5 Å². The first-order valence-electron chi connectivity index (χ1n) is 6.71. The molecule has 0 saturated heterocycles. The molecule has 1 aromatic carbocycles. The average molecular weight is 373 g/mol. The lowest BCUT2D eigenvalue weighted by molar-refractivity contribution is 0.0467. The lowest BCUT2D eigenvalue weighted by Gasteiger charge is -2.05. The number of ether oxygens (including phenoxy) is 1. The Balaban J connectivity index is 1.85. The predicted molar refractivity (Wildman–Crippen MR) is 85.3 cm³/mol. The molecule has 0 bridgehead atoms. The minimum absolute atomic E-state index is 0.102. The van der Waals surface area contributed by atoms with Gasteiger partial charge in [0.05, 0.1) is 16.6 Å². The van der Waals surface area contributed by atoms with Crippen molar-refractivity contribution in [2.75, 3.05) is 0 Å². The smallest absolute Gasteiger partial charge is 0.341 e. The van der Waals surface area contributed by atoms with Gasteiger partial charge in [0.1, 0.15) is 18.5 Å². The molecule has 0 saturated carbocycles. The van der Waals surface area contributed by atoms with E-state index in [9.17, 15) is 14.4 Å². The van der Waals surface area contributed by atoms with E-state index in [0.29, 0.717) is 15.6 Å². The first-order valence-corrected chi connectivity index (χ1v) is 7.50. The first-order chi connectivity index (χ1) is 11.1. The number of fused-ring (bicyclic) bond motifs is 1. The van der Waals surface area contributed by atoms with Gasteiger partial charge in [-0.3, -0.25) is 0 Å². The fourth-order valence-corrected chi connectivity index (χ4v) is 2.65. The summed E-state index contributed by atoms with van der Waals surface area (Å²) in [5.41, 5.74) is 1.59. The van der Waals surface area contributed by atoms with Gasteiger partial charge in [-0.25, -0.2) is 9.18 Å². The molecule has 4 nitrogen and oxygen atoms in total. The van der Waals surface area contributed by atoms with E-state index in [2.05, 4.69) is 22.0 Å². The summed E-state index contributed by atoms with van der Waals surface area (Å²) in [6, 6.07) is 11.6. The summed E-state index contributed by atoms with van der Waals surface area (Å²) in [4.78, 5) is 12.0. The largest absolute Gasteiger partial charge is 0.457 e. The van der Waals surface area contributed by atoms with Crippen LogP contribution in [0.2, 0.25) is 0 Å². The number of hydrogen-bond donors (Lipinski definition) is 0. The number of rotatable bonds is 3. The second-order valence-corrected chi connectivity index (χ2v) is 5.75. The summed E-state index contributed by atoms with van der Waals surface area (Å²) >= 11 is 3.19. The number of carbonyl (C=O) groups excluding carboxylic acids is 1. The number of pyridine rings is 1. The molecule has 0 aliphatic carbocycles. The van der Waals surface area contributed by atoms with E-state index in [-0.39, 0.29) is 12.2 Å². The van der Waals surface area contributed by atoms with E-state index in [4.69, 9.17) is 4.74 Å². The highest BCUT2D eigenvalue weighted by molar-refractivity contribution is 9.10. The van der Waals surface area contributed by atoms with Gasteiger partial charge >= 0.3 is 5.97 Å². The molecule has 3 rings (SSSR count).